The van der Waals surface area contributed by atoms with Gasteiger partial charge in [0.05, 0.1) is 19.3 Å². The van der Waals surface area contributed by atoms with Crippen LogP contribution in [0.25, 0.3) is 0 Å². The summed E-state index contributed by atoms with van der Waals surface area (Å²) in [5.74, 6) is 0. The fraction of sp³-hybridized carbons (Fsp3) is 0.435. The second-order valence-electron chi connectivity index (χ2n) is 7.56. The first-order valence-electron chi connectivity index (χ1n) is 10.3. The third kappa shape index (κ3) is 5.87. The average Bonchev–Trinajstić information content (AvgIpc) is 2.78. The zero-order valence-corrected chi connectivity index (χ0v) is 17.6. The van der Waals surface area contributed by atoms with Crippen LogP contribution in [0.15, 0.2) is 54.6 Å². The molecule has 3 rings (SSSR count). The molecular formula is C23H32N4O2. The molecule has 29 heavy (non-hydrogen) atoms. The van der Waals surface area contributed by atoms with Crippen LogP contribution in [0.4, 0.5) is 16.2 Å². The highest BCUT2D eigenvalue weighted by atomic mass is 16.5. The van der Waals surface area contributed by atoms with Crippen molar-refractivity contribution in [1.29, 1.82) is 0 Å². The maximum Gasteiger partial charge on any atom is 0.315 e. The smallest absolute Gasteiger partial charge is 0.315 e. The van der Waals surface area contributed by atoms with Crippen LogP contribution in [-0.4, -0.2) is 52.0 Å². The van der Waals surface area contributed by atoms with Gasteiger partial charge in [-0.25, -0.2) is 4.79 Å². The Kier molecular flexibility index (Phi) is 7.36. The van der Waals surface area contributed by atoms with E-state index in [0.29, 0.717) is 6.54 Å². The molecule has 2 atom stereocenters. The molecule has 6 heteroatoms. The monoisotopic (exact) mass is 396 g/mol. The molecular weight excluding hydrogens is 364 g/mol. The minimum atomic E-state index is -0.150. The number of benzene rings is 2. The molecule has 0 aromatic heterocycles. The number of anilines is 2. The molecule has 2 aromatic rings. The molecule has 2 aromatic carbocycles. The van der Waals surface area contributed by atoms with E-state index in [1.165, 1.54) is 5.69 Å². The lowest BCUT2D eigenvalue weighted by Crippen LogP contribution is -2.44. The Hall–Kier alpha value is -2.73. The molecule has 0 spiro atoms. The van der Waals surface area contributed by atoms with Crippen molar-refractivity contribution in [2.75, 3.05) is 49.7 Å². The van der Waals surface area contributed by atoms with E-state index in [0.717, 1.165) is 37.6 Å². The maximum atomic E-state index is 12.3. The molecule has 6 nitrogen and oxygen atoms in total. The van der Waals surface area contributed by atoms with Crippen molar-refractivity contribution in [2.45, 2.75) is 25.9 Å². The van der Waals surface area contributed by atoms with E-state index in [1.54, 1.807) is 0 Å². The van der Waals surface area contributed by atoms with Gasteiger partial charge in [-0.1, -0.05) is 30.3 Å². The van der Waals surface area contributed by atoms with Gasteiger partial charge in [-0.2, -0.15) is 0 Å². The normalized spacial score (nSPS) is 16.0. The summed E-state index contributed by atoms with van der Waals surface area (Å²) in [7, 11) is 2.04. The molecule has 0 saturated carbocycles. The first kappa shape index (κ1) is 21.0. The maximum absolute atomic E-state index is 12.3. The van der Waals surface area contributed by atoms with Gasteiger partial charge in [0, 0.05) is 44.1 Å². The van der Waals surface area contributed by atoms with E-state index in [-0.39, 0.29) is 18.1 Å². The number of hydrogen-bond acceptors (Lipinski definition) is 4. The van der Waals surface area contributed by atoms with E-state index in [4.69, 9.17) is 4.74 Å². The molecule has 1 heterocycles. The standard InChI is InChI=1S/C23H32N4O2/c1-18(26(3)21-7-5-4-6-8-21)17-24-23(28)25-19(2)20-9-11-22(12-10-20)27-13-15-29-16-14-27/h4-12,18-19H,13-17H2,1-3H3,(H2,24,25,28). The van der Waals surface area contributed by atoms with Crippen molar-refractivity contribution < 1.29 is 9.53 Å². The SMILES string of the molecule is CC(NC(=O)NCC(C)N(C)c1ccccc1)c1ccc(N2CCOCC2)cc1. The summed E-state index contributed by atoms with van der Waals surface area (Å²) in [5.41, 5.74) is 3.43. The van der Waals surface area contributed by atoms with Gasteiger partial charge < -0.3 is 25.2 Å². The van der Waals surface area contributed by atoms with Crippen molar-refractivity contribution in [2.24, 2.45) is 0 Å². The number of ether oxygens (including phenoxy) is 1. The molecule has 1 fully saturated rings. The molecule has 1 aliphatic rings. The molecule has 1 saturated heterocycles. The van der Waals surface area contributed by atoms with Gasteiger partial charge in [-0.15, -0.1) is 0 Å². The highest BCUT2D eigenvalue weighted by Crippen LogP contribution is 2.20. The number of likely N-dealkylation sites (N-methyl/N-ethyl adjacent to an activating group) is 1. The predicted octanol–water partition coefficient (Wildman–Crippen LogP) is 3.41. The summed E-state index contributed by atoms with van der Waals surface area (Å²) in [4.78, 5) is 16.8. The van der Waals surface area contributed by atoms with E-state index in [9.17, 15) is 4.79 Å². The zero-order chi connectivity index (χ0) is 20.6. The molecule has 2 N–H and O–H groups in total. The van der Waals surface area contributed by atoms with E-state index < -0.39 is 0 Å². The number of hydrogen-bond donors (Lipinski definition) is 2. The summed E-state index contributed by atoms with van der Waals surface area (Å²) >= 11 is 0. The number of carbonyl (C=O) groups is 1. The predicted molar refractivity (Wildman–Crippen MR) is 119 cm³/mol. The second-order valence-corrected chi connectivity index (χ2v) is 7.56. The van der Waals surface area contributed by atoms with E-state index >= 15 is 0 Å². The Morgan fingerprint density at radius 2 is 1.72 bits per heavy atom. The summed E-state index contributed by atoms with van der Waals surface area (Å²) < 4.78 is 5.41. The van der Waals surface area contributed by atoms with Gasteiger partial charge in [0.2, 0.25) is 0 Å². The number of nitrogens with zero attached hydrogens (tertiary/aromatic N) is 2. The molecule has 0 radical (unpaired) electrons. The van der Waals surface area contributed by atoms with E-state index in [1.807, 2.05) is 32.2 Å². The number of carbonyl (C=O) groups excluding carboxylic acids is 1. The third-order valence-corrected chi connectivity index (χ3v) is 5.50. The summed E-state index contributed by atoms with van der Waals surface area (Å²) in [5, 5.41) is 6.01. The van der Waals surface area contributed by atoms with Crippen LogP contribution in [-0.2, 0) is 4.74 Å². The number of amides is 2. The van der Waals surface area contributed by atoms with Gasteiger partial charge in [-0.05, 0) is 43.7 Å². The second kappa shape index (κ2) is 10.2. The molecule has 0 bridgehead atoms. The fourth-order valence-electron chi connectivity index (χ4n) is 3.42. The fourth-order valence-corrected chi connectivity index (χ4v) is 3.42. The lowest BCUT2D eigenvalue weighted by Gasteiger charge is -2.29. The van der Waals surface area contributed by atoms with Crippen LogP contribution in [0.2, 0.25) is 0 Å². The van der Waals surface area contributed by atoms with Gasteiger partial charge in [0.15, 0.2) is 0 Å². The minimum absolute atomic E-state index is 0.0594. The molecule has 1 aliphatic heterocycles. The first-order chi connectivity index (χ1) is 14.0. The number of para-hydroxylation sites is 1. The lowest BCUT2D eigenvalue weighted by atomic mass is 10.1. The Morgan fingerprint density at radius 1 is 1.07 bits per heavy atom. The van der Waals surface area contributed by atoms with Crippen LogP contribution < -0.4 is 20.4 Å². The van der Waals surface area contributed by atoms with Crippen molar-refractivity contribution in [1.82, 2.24) is 10.6 Å². The minimum Gasteiger partial charge on any atom is -0.378 e. The third-order valence-electron chi connectivity index (χ3n) is 5.50. The van der Waals surface area contributed by atoms with Crippen LogP contribution >= 0.6 is 0 Å². The van der Waals surface area contributed by atoms with Crippen molar-refractivity contribution in [3.8, 4) is 0 Å². The largest absolute Gasteiger partial charge is 0.378 e. The van der Waals surface area contributed by atoms with Crippen LogP contribution in [0, 0.1) is 0 Å². The van der Waals surface area contributed by atoms with Crippen molar-refractivity contribution in [3.63, 3.8) is 0 Å². The van der Waals surface area contributed by atoms with Crippen LogP contribution in [0.1, 0.15) is 25.5 Å². The first-order valence-corrected chi connectivity index (χ1v) is 10.3. The Labute approximate surface area is 173 Å². The summed E-state index contributed by atoms with van der Waals surface area (Å²) in [6, 6.07) is 18.6. The van der Waals surface area contributed by atoms with Gasteiger partial charge in [0.25, 0.3) is 0 Å². The number of nitrogens with one attached hydrogen (secondary N) is 2. The van der Waals surface area contributed by atoms with Crippen LogP contribution in [0.5, 0.6) is 0 Å². The quantitative estimate of drug-likeness (QED) is 0.753. The lowest BCUT2D eigenvalue weighted by molar-refractivity contribution is 0.122. The van der Waals surface area contributed by atoms with Crippen molar-refractivity contribution >= 4 is 17.4 Å². The molecule has 0 aliphatic carbocycles. The van der Waals surface area contributed by atoms with Gasteiger partial charge >= 0.3 is 6.03 Å². The average molecular weight is 397 g/mol. The molecule has 156 valence electrons. The summed E-state index contributed by atoms with van der Waals surface area (Å²) in [6.07, 6.45) is 0. The Balaban J connectivity index is 1.46. The van der Waals surface area contributed by atoms with E-state index in [2.05, 4.69) is 63.8 Å². The van der Waals surface area contributed by atoms with Crippen molar-refractivity contribution in [3.05, 3.63) is 60.2 Å². The zero-order valence-electron chi connectivity index (χ0n) is 17.6. The molecule has 2 amide bonds. The van der Waals surface area contributed by atoms with Crippen LogP contribution in [0.3, 0.4) is 0 Å². The molecule has 2 unspecified atom stereocenters. The highest BCUT2D eigenvalue weighted by molar-refractivity contribution is 5.74. The highest BCUT2D eigenvalue weighted by Gasteiger charge is 2.15. The number of morpholine rings is 1. The topological polar surface area (TPSA) is 56.8 Å². The number of urea groups is 1. The van der Waals surface area contributed by atoms with Gasteiger partial charge in [-0.3, -0.25) is 0 Å². The summed E-state index contributed by atoms with van der Waals surface area (Å²) in [6.45, 7) is 8.07. The Morgan fingerprint density at radius 3 is 2.38 bits per heavy atom. The van der Waals surface area contributed by atoms with Gasteiger partial charge in [0.1, 0.15) is 0 Å². The number of rotatable bonds is 7. The Bertz CT molecular complexity index is 760.